The topological polar surface area (TPSA) is 47.3 Å². The SMILES string of the molecule is NC[C@H]1CNc2cc(F)cc(-c3cc(F)ccc3C(F)(F)F)c2O1. The highest BCUT2D eigenvalue weighted by Crippen LogP contribution is 2.45. The van der Waals surface area contributed by atoms with Crippen LogP contribution < -0.4 is 15.8 Å². The Morgan fingerprint density at radius 2 is 1.79 bits per heavy atom. The average molecular weight is 344 g/mol. The largest absolute Gasteiger partial charge is 0.484 e. The van der Waals surface area contributed by atoms with Gasteiger partial charge in [0.05, 0.1) is 17.8 Å². The van der Waals surface area contributed by atoms with Crippen molar-refractivity contribution in [3.8, 4) is 16.9 Å². The van der Waals surface area contributed by atoms with Gasteiger partial charge in [-0.3, -0.25) is 0 Å². The average Bonchev–Trinajstić information content (AvgIpc) is 2.52. The third-order valence-corrected chi connectivity index (χ3v) is 3.70. The number of fused-ring (bicyclic) bond motifs is 1. The second-order valence-corrected chi connectivity index (χ2v) is 5.37. The molecule has 24 heavy (non-hydrogen) atoms. The summed E-state index contributed by atoms with van der Waals surface area (Å²) in [7, 11) is 0. The fraction of sp³-hybridized carbons (Fsp3) is 0.250. The Kier molecular flexibility index (Phi) is 4.08. The van der Waals surface area contributed by atoms with E-state index >= 15 is 0 Å². The molecule has 2 aromatic carbocycles. The Balaban J connectivity index is 2.24. The van der Waals surface area contributed by atoms with Gasteiger partial charge in [0, 0.05) is 23.7 Å². The van der Waals surface area contributed by atoms with Crippen molar-refractivity contribution in [2.75, 3.05) is 18.4 Å². The molecule has 128 valence electrons. The zero-order valence-corrected chi connectivity index (χ0v) is 12.3. The van der Waals surface area contributed by atoms with Crippen LogP contribution in [-0.4, -0.2) is 19.2 Å². The monoisotopic (exact) mass is 344 g/mol. The molecule has 0 unspecified atom stereocenters. The van der Waals surface area contributed by atoms with E-state index in [1.807, 2.05) is 0 Å². The number of benzene rings is 2. The van der Waals surface area contributed by atoms with Crippen LogP contribution in [-0.2, 0) is 6.18 Å². The third-order valence-electron chi connectivity index (χ3n) is 3.70. The van der Waals surface area contributed by atoms with Crippen LogP contribution in [0.2, 0.25) is 0 Å². The maximum Gasteiger partial charge on any atom is 0.417 e. The van der Waals surface area contributed by atoms with Gasteiger partial charge < -0.3 is 15.8 Å². The molecule has 1 aliphatic heterocycles. The Bertz CT molecular complexity index is 776. The summed E-state index contributed by atoms with van der Waals surface area (Å²) in [6, 6.07) is 4.05. The van der Waals surface area contributed by atoms with Gasteiger partial charge >= 0.3 is 6.18 Å². The molecule has 1 heterocycles. The Morgan fingerprint density at radius 3 is 2.46 bits per heavy atom. The van der Waals surface area contributed by atoms with E-state index in [1.165, 1.54) is 0 Å². The maximum atomic E-state index is 13.9. The van der Waals surface area contributed by atoms with Gasteiger partial charge in [0.15, 0.2) is 5.75 Å². The molecule has 8 heteroatoms. The molecule has 1 atom stereocenters. The number of alkyl halides is 3. The molecule has 0 fully saturated rings. The second kappa shape index (κ2) is 5.94. The predicted molar refractivity (Wildman–Crippen MR) is 78.8 cm³/mol. The van der Waals surface area contributed by atoms with E-state index in [4.69, 9.17) is 10.5 Å². The van der Waals surface area contributed by atoms with Crippen LogP contribution in [0.25, 0.3) is 11.1 Å². The lowest BCUT2D eigenvalue weighted by atomic mass is 9.96. The first-order chi connectivity index (χ1) is 11.3. The van der Waals surface area contributed by atoms with Crippen molar-refractivity contribution in [1.82, 2.24) is 0 Å². The van der Waals surface area contributed by atoms with Crippen LogP contribution in [0.1, 0.15) is 5.56 Å². The van der Waals surface area contributed by atoms with E-state index in [1.54, 1.807) is 0 Å². The zero-order valence-electron chi connectivity index (χ0n) is 12.3. The van der Waals surface area contributed by atoms with Gasteiger partial charge in [0.2, 0.25) is 0 Å². The van der Waals surface area contributed by atoms with Crippen molar-refractivity contribution in [3.05, 3.63) is 47.5 Å². The van der Waals surface area contributed by atoms with Gasteiger partial charge in [-0.15, -0.1) is 0 Å². The number of nitrogens with two attached hydrogens (primary N) is 1. The Morgan fingerprint density at radius 1 is 1.08 bits per heavy atom. The van der Waals surface area contributed by atoms with Gasteiger partial charge in [-0.2, -0.15) is 13.2 Å². The standard InChI is InChI=1S/C16H13F5N2O/c17-8-1-2-13(16(19,20)21)11(3-8)12-4-9(18)5-14-15(12)24-10(6-22)7-23-14/h1-5,10,23H,6-7,22H2/t10-/m0/s1. The van der Waals surface area contributed by atoms with Gasteiger partial charge in [-0.25, -0.2) is 8.78 Å². The van der Waals surface area contributed by atoms with Crippen LogP contribution in [0.5, 0.6) is 5.75 Å². The lowest BCUT2D eigenvalue weighted by molar-refractivity contribution is -0.137. The smallest absolute Gasteiger partial charge is 0.417 e. The fourth-order valence-corrected chi connectivity index (χ4v) is 2.60. The molecule has 3 nitrogen and oxygen atoms in total. The highest BCUT2D eigenvalue weighted by Gasteiger charge is 2.35. The summed E-state index contributed by atoms with van der Waals surface area (Å²) in [6.07, 6.45) is -5.21. The zero-order chi connectivity index (χ0) is 17.5. The molecule has 0 aliphatic carbocycles. The molecule has 0 radical (unpaired) electrons. The van der Waals surface area contributed by atoms with Crippen molar-refractivity contribution < 1.29 is 26.7 Å². The quantitative estimate of drug-likeness (QED) is 0.815. The minimum absolute atomic E-state index is 0.0224. The molecule has 0 spiro atoms. The number of hydrogen-bond donors (Lipinski definition) is 2. The number of ether oxygens (including phenoxy) is 1. The third kappa shape index (κ3) is 3.01. The normalized spacial score (nSPS) is 17.0. The number of rotatable bonds is 2. The van der Waals surface area contributed by atoms with E-state index in [0.29, 0.717) is 24.7 Å². The van der Waals surface area contributed by atoms with Crippen LogP contribution in [0.15, 0.2) is 30.3 Å². The second-order valence-electron chi connectivity index (χ2n) is 5.37. The molecule has 3 N–H and O–H groups in total. The van der Waals surface area contributed by atoms with Crippen molar-refractivity contribution in [2.24, 2.45) is 5.73 Å². The first kappa shape index (κ1) is 16.5. The summed E-state index contributed by atoms with van der Waals surface area (Å²) in [5, 5.41) is 2.87. The van der Waals surface area contributed by atoms with E-state index in [9.17, 15) is 22.0 Å². The molecular weight excluding hydrogens is 331 g/mol. The number of hydrogen-bond acceptors (Lipinski definition) is 3. The molecule has 1 aliphatic rings. The van der Waals surface area contributed by atoms with Gasteiger partial charge in [-0.1, -0.05) is 0 Å². The van der Waals surface area contributed by atoms with Gasteiger partial charge in [-0.05, 0) is 24.3 Å². The molecule has 0 bridgehead atoms. The molecule has 0 saturated heterocycles. The van der Waals surface area contributed by atoms with Crippen LogP contribution >= 0.6 is 0 Å². The number of halogens is 5. The minimum atomic E-state index is -4.72. The van der Waals surface area contributed by atoms with Crippen molar-refractivity contribution >= 4 is 5.69 Å². The van der Waals surface area contributed by atoms with Crippen molar-refractivity contribution in [2.45, 2.75) is 12.3 Å². The molecule has 3 rings (SSSR count). The van der Waals surface area contributed by atoms with Crippen molar-refractivity contribution in [3.63, 3.8) is 0 Å². The summed E-state index contributed by atoms with van der Waals surface area (Å²) in [4.78, 5) is 0. The first-order valence-corrected chi connectivity index (χ1v) is 7.11. The van der Waals surface area contributed by atoms with Crippen LogP contribution in [0.4, 0.5) is 27.6 Å². The minimum Gasteiger partial charge on any atom is -0.484 e. The Hall–Kier alpha value is -2.35. The van der Waals surface area contributed by atoms with Crippen molar-refractivity contribution in [1.29, 1.82) is 0 Å². The Labute approximate surface area is 134 Å². The predicted octanol–water partition coefficient (Wildman–Crippen LogP) is 3.78. The molecule has 0 aromatic heterocycles. The number of nitrogens with one attached hydrogen (secondary N) is 1. The molecule has 0 saturated carbocycles. The van der Waals surface area contributed by atoms with E-state index in [2.05, 4.69) is 5.32 Å². The van der Waals surface area contributed by atoms with Gasteiger partial charge in [0.25, 0.3) is 0 Å². The van der Waals surface area contributed by atoms with E-state index in [0.717, 1.165) is 12.1 Å². The molecule has 0 amide bonds. The van der Waals surface area contributed by atoms with E-state index < -0.39 is 35.0 Å². The summed E-state index contributed by atoms with van der Waals surface area (Å²) in [5.41, 5.74) is 3.98. The summed E-state index contributed by atoms with van der Waals surface area (Å²) in [5.74, 6) is -1.60. The first-order valence-electron chi connectivity index (χ1n) is 7.11. The summed E-state index contributed by atoms with van der Waals surface area (Å²) in [6.45, 7) is 0.417. The van der Waals surface area contributed by atoms with Gasteiger partial charge in [0.1, 0.15) is 17.7 Å². The fourth-order valence-electron chi connectivity index (χ4n) is 2.60. The lowest BCUT2D eigenvalue weighted by Gasteiger charge is -2.29. The summed E-state index contributed by atoms with van der Waals surface area (Å²) < 4.78 is 72.7. The summed E-state index contributed by atoms with van der Waals surface area (Å²) >= 11 is 0. The van der Waals surface area contributed by atoms with Crippen LogP contribution in [0.3, 0.4) is 0 Å². The molecule has 2 aromatic rings. The highest BCUT2D eigenvalue weighted by atomic mass is 19.4. The number of anilines is 1. The maximum absolute atomic E-state index is 13.9. The molecular formula is C16H13F5N2O. The van der Waals surface area contributed by atoms with Crippen LogP contribution in [0, 0.1) is 11.6 Å². The van der Waals surface area contributed by atoms with E-state index in [-0.39, 0.29) is 23.5 Å². The highest BCUT2D eigenvalue weighted by molar-refractivity contribution is 5.81. The lowest BCUT2D eigenvalue weighted by Crippen LogP contribution is -2.37.